The van der Waals surface area contributed by atoms with E-state index in [2.05, 4.69) is 15.3 Å². The van der Waals surface area contributed by atoms with Gasteiger partial charge < -0.3 is 15.8 Å². The van der Waals surface area contributed by atoms with Crippen LogP contribution in [0, 0.1) is 11.7 Å². The van der Waals surface area contributed by atoms with Crippen LogP contribution >= 0.6 is 11.8 Å². The maximum Gasteiger partial charge on any atom is 0.417 e. The van der Waals surface area contributed by atoms with Crippen molar-refractivity contribution in [2.75, 3.05) is 17.7 Å². The predicted octanol–water partition coefficient (Wildman–Crippen LogP) is 4.17. The molecule has 2 aliphatic rings. The number of anilines is 1. The summed E-state index contributed by atoms with van der Waals surface area (Å²) in [7, 11) is 0. The Kier molecular flexibility index (Phi) is 5.89. The minimum absolute atomic E-state index is 0.0000551. The van der Waals surface area contributed by atoms with Crippen molar-refractivity contribution in [3.63, 3.8) is 0 Å². The highest BCUT2D eigenvalue weighted by Crippen LogP contribution is 2.47. The highest BCUT2D eigenvalue weighted by Gasteiger charge is 2.48. The molecule has 6 nitrogen and oxygen atoms in total. The van der Waals surface area contributed by atoms with Gasteiger partial charge >= 0.3 is 6.18 Å². The summed E-state index contributed by atoms with van der Waals surface area (Å²) in [6, 6.07) is 5.80. The van der Waals surface area contributed by atoms with Gasteiger partial charge in [-0.05, 0) is 43.7 Å². The number of nitrogens with one attached hydrogen (secondary N) is 1. The van der Waals surface area contributed by atoms with Gasteiger partial charge in [0.2, 0.25) is 0 Å². The van der Waals surface area contributed by atoms with Gasteiger partial charge in [0.25, 0.3) is 5.91 Å². The van der Waals surface area contributed by atoms with Crippen LogP contribution in [0.4, 0.5) is 23.2 Å². The monoisotopic (exact) mass is 468 g/mol. The number of ether oxygens (including phenoxy) is 1. The summed E-state index contributed by atoms with van der Waals surface area (Å²) < 4.78 is 58.9. The summed E-state index contributed by atoms with van der Waals surface area (Å²) in [4.78, 5) is 20.7. The van der Waals surface area contributed by atoms with E-state index in [1.165, 1.54) is 30.0 Å². The highest BCUT2D eigenvalue weighted by molar-refractivity contribution is 8.13. The minimum atomic E-state index is -4.55. The van der Waals surface area contributed by atoms with Gasteiger partial charge in [0.15, 0.2) is 5.17 Å². The zero-order valence-corrected chi connectivity index (χ0v) is 17.8. The molecule has 4 rings (SSSR count). The Bertz CT molecular complexity index is 1060. The van der Waals surface area contributed by atoms with Gasteiger partial charge in [-0.15, -0.1) is 0 Å². The Labute approximate surface area is 185 Å². The number of nitrogens with two attached hydrogens (primary N) is 1. The van der Waals surface area contributed by atoms with Crippen molar-refractivity contribution in [1.29, 1.82) is 0 Å². The summed E-state index contributed by atoms with van der Waals surface area (Å²) in [5.74, 6) is -0.585. The van der Waals surface area contributed by atoms with Crippen LogP contribution in [0.3, 0.4) is 0 Å². The van der Waals surface area contributed by atoms with Crippen molar-refractivity contribution in [3.05, 3.63) is 59.2 Å². The zero-order chi connectivity index (χ0) is 23.1. The molecular formula is C21H20F4N4O2S. The van der Waals surface area contributed by atoms with Crippen molar-refractivity contribution in [2.45, 2.75) is 31.2 Å². The number of nitrogens with zero attached hydrogens (tertiary/aromatic N) is 2. The summed E-state index contributed by atoms with van der Waals surface area (Å²) in [6.07, 6.45) is -3.29. The van der Waals surface area contributed by atoms with Gasteiger partial charge in [-0.2, -0.15) is 13.2 Å². The first-order valence-electron chi connectivity index (χ1n) is 9.83. The van der Waals surface area contributed by atoms with Gasteiger partial charge in [-0.25, -0.2) is 9.38 Å². The first-order valence-corrected chi connectivity index (χ1v) is 10.8. The normalized spacial score (nSPS) is 25.6. The quantitative estimate of drug-likeness (QED) is 0.660. The van der Waals surface area contributed by atoms with Crippen molar-refractivity contribution >= 4 is 28.5 Å². The van der Waals surface area contributed by atoms with Crippen LogP contribution in [0.1, 0.15) is 35.0 Å². The number of aliphatic imine (C=N–C) groups is 1. The van der Waals surface area contributed by atoms with Gasteiger partial charge in [0.1, 0.15) is 17.1 Å². The van der Waals surface area contributed by atoms with Crippen LogP contribution in [0.5, 0.6) is 0 Å². The number of aromatic nitrogens is 1. The first-order chi connectivity index (χ1) is 15.1. The van der Waals surface area contributed by atoms with Crippen LogP contribution in [0.15, 0.2) is 41.5 Å². The number of halogens is 4. The second-order valence-electron chi connectivity index (χ2n) is 7.82. The minimum Gasteiger partial charge on any atom is -0.379 e. The number of carbonyl (C=O) groups is 1. The van der Waals surface area contributed by atoms with Gasteiger partial charge in [-0.1, -0.05) is 11.8 Å². The lowest BCUT2D eigenvalue weighted by molar-refractivity contribution is -0.137. The van der Waals surface area contributed by atoms with E-state index < -0.39 is 29.0 Å². The van der Waals surface area contributed by atoms with Crippen LogP contribution in [-0.4, -0.2) is 34.5 Å². The summed E-state index contributed by atoms with van der Waals surface area (Å²) in [6.45, 7) is 2.09. The molecule has 32 heavy (non-hydrogen) atoms. The number of fused-ring (bicyclic) bond motifs is 1. The molecule has 0 aliphatic carbocycles. The number of pyridine rings is 1. The number of alkyl halides is 3. The molecule has 1 fully saturated rings. The second-order valence-corrected chi connectivity index (χ2v) is 8.86. The Balaban J connectivity index is 1.63. The molecule has 0 spiro atoms. The molecular weight excluding hydrogens is 448 g/mol. The SMILES string of the molecule is C[C@H]1C[C@H]2CSC(N)=N[C@@]2(c2cc(NC(=O)c3ccc(C(F)(F)F)cn3)ccc2F)CO1. The van der Waals surface area contributed by atoms with Crippen LogP contribution in [-0.2, 0) is 16.5 Å². The molecule has 1 aromatic heterocycles. The second kappa shape index (κ2) is 8.36. The molecule has 0 radical (unpaired) electrons. The van der Waals surface area contributed by atoms with Crippen molar-refractivity contribution < 1.29 is 27.1 Å². The van der Waals surface area contributed by atoms with E-state index in [4.69, 9.17) is 10.5 Å². The smallest absolute Gasteiger partial charge is 0.379 e. The average Bonchev–Trinajstić information content (AvgIpc) is 2.75. The predicted molar refractivity (Wildman–Crippen MR) is 113 cm³/mol. The molecule has 0 bridgehead atoms. The highest BCUT2D eigenvalue weighted by atomic mass is 32.2. The Morgan fingerprint density at radius 2 is 2.09 bits per heavy atom. The van der Waals surface area contributed by atoms with E-state index in [-0.39, 0.29) is 35.6 Å². The van der Waals surface area contributed by atoms with E-state index in [0.29, 0.717) is 23.5 Å². The molecule has 1 amide bonds. The number of benzene rings is 1. The molecule has 3 heterocycles. The van der Waals surface area contributed by atoms with Crippen LogP contribution in [0.2, 0.25) is 0 Å². The topological polar surface area (TPSA) is 89.6 Å². The molecule has 1 saturated heterocycles. The largest absolute Gasteiger partial charge is 0.417 e. The van der Waals surface area contributed by atoms with E-state index in [1.807, 2.05) is 6.92 Å². The lowest BCUT2D eigenvalue weighted by atomic mass is 9.75. The van der Waals surface area contributed by atoms with E-state index in [1.54, 1.807) is 0 Å². The van der Waals surface area contributed by atoms with E-state index in [9.17, 15) is 22.4 Å². The standard InChI is InChI=1S/C21H20F4N4O2S/c1-11-6-13-9-32-19(26)29-20(13,10-31-11)15-7-14(3-4-16(15)22)28-18(30)17-5-2-12(8-27-17)21(23,24)25/h2-5,7-8,11,13H,6,9-10H2,1H3,(H2,26,29)(H,28,30)/t11-,13-,20-/m0/s1. The fraction of sp³-hybridized carbons (Fsp3) is 0.381. The number of rotatable bonds is 3. The molecule has 3 atom stereocenters. The van der Waals surface area contributed by atoms with E-state index >= 15 is 0 Å². The van der Waals surface area contributed by atoms with E-state index in [0.717, 1.165) is 12.1 Å². The molecule has 2 aromatic rings. The number of hydrogen-bond acceptors (Lipinski definition) is 6. The van der Waals surface area contributed by atoms with Gasteiger partial charge in [0.05, 0.1) is 18.3 Å². The summed E-state index contributed by atoms with van der Waals surface area (Å²) >= 11 is 1.41. The maximum atomic E-state index is 15.0. The third kappa shape index (κ3) is 4.31. The zero-order valence-electron chi connectivity index (χ0n) is 16.9. The molecule has 0 unspecified atom stereocenters. The fourth-order valence-electron chi connectivity index (χ4n) is 3.98. The Hall–Kier alpha value is -2.66. The lowest BCUT2D eigenvalue weighted by Crippen LogP contribution is -2.50. The third-order valence-electron chi connectivity index (χ3n) is 5.64. The van der Waals surface area contributed by atoms with Gasteiger partial charge in [0, 0.05) is 29.1 Å². The van der Waals surface area contributed by atoms with Crippen molar-refractivity contribution in [2.24, 2.45) is 16.6 Å². The molecule has 0 saturated carbocycles. The van der Waals surface area contributed by atoms with Crippen LogP contribution in [0.25, 0.3) is 0 Å². The Morgan fingerprint density at radius 1 is 1.31 bits per heavy atom. The number of carbonyl (C=O) groups excluding carboxylic acids is 1. The maximum absolute atomic E-state index is 15.0. The molecule has 11 heteroatoms. The summed E-state index contributed by atoms with van der Waals surface area (Å²) in [5.41, 5.74) is 4.29. The number of amidine groups is 1. The molecule has 2 aliphatic heterocycles. The number of thioether (sulfide) groups is 1. The number of amides is 1. The molecule has 170 valence electrons. The van der Waals surface area contributed by atoms with Gasteiger partial charge in [-0.3, -0.25) is 9.78 Å². The average molecular weight is 468 g/mol. The van der Waals surface area contributed by atoms with Crippen LogP contribution < -0.4 is 11.1 Å². The fourth-order valence-corrected chi connectivity index (χ4v) is 4.99. The van der Waals surface area contributed by atoms with Crippen molar-refractivity contribution in [3.8, 4) is 0 Å². The molecule has 1 aromatic carbocycles. The summed E-state index contributed by atoms with van der Waals surface area (Å²) in [5, 5.41) is 2.90. The van der Waals surface area contributed by atoms with Crippen molar-refractivity contribution in [1.82, 2.24) is 4.98 Å². The third-order valence-corrected chi connectivity index (χ3v) is 6.59. The Morgan fingerprint density at radius 3 is 2.78 bits per heavy atom. The molecule has 3 N–H and O–H groups in total. The number of hydrogen-bond donors (Lipinski definition) is 2. The first kappa shape index (κ1) is 22.5. The lowest BCUT2D eigenvalue weighted by Gasteiger charge is -2.45.